The van der Waals surface area contributed by atoms with Crippen molar-refractivity contribution in [2.45, 2.75) is 26.2 Å². The third kappa shape index (κ3) is 8.75. The van der Waals surface area contributed by atoms with Crippen molar-refractivity contribution in [3.8, 4) is 28.7 Å². The highest BCUT2D eigenvalue weighted by Crippen LogP contribution is 2.36. The van der Waals surface area contributed by atoms with Crippen LogP contribution in [0, 0.1) is 6.33 Å². The van der Waals surface area contributed by atoms with Gasteiger partial charge in [-0.15, -0.1) is 0 Å². The van der Waals surface area contributed by atoms with E-state index in [-0.39, 0.29) is 27.9 Å². The standard InChI is InChI=1S/C76H60N4OSi2/c1-76(2,3)56-50-51-77-74(52-56)80-68-43-23-22-42-66(68)67-49-48-59(54-71(67)80)81-58-29-26-28-57(53-58)78-55-79(70-45-25-24-44-69(70)78)75-72(82(60-30-10-4-11-31-60,61-32-12-5-13-33-61)62-34-14-6-15-35-62)46-27-47-73(75)83(63-36-16-7-17-37-63,64-38-18-8-19-39-64)65-40-20-9-21-41-65/h4-54H,1-3H3/i4D,5D,6D,7D,8D,9D,10D,11D,12D,13D,14D,15D,16D,17D,18D,19D,20D,21D,30D,31D,32D,33D,34D,35D,36D,37D,38D,39D,40D,41D. The maximum Gasteiger partial charge on any atom is 0.269 e. The van der Waals surface area contributed by atoms with Crippen LogP contribution in [0.15, 0.2) is 309 Å². The molecule has 398 valence electrons. The zero-order chi connectivity index (χ0) is 82.1. The van der Waals surface area contributed by atoms with E-state index in [0.29, 0.717) is 17.1 Å². The lowest BCUT2D eigenvalue weighted by Crippen LogP contribution is -2.80. The molecule has 0 spiro atoms. The molecule has 14 aromatic rings. The van der Waals surface area contributed by atoms with Gasteiger partial charge < -0.3 is 4.74 Å². The van der Waals surface area contributed by atoms with E-state index >= 15 is 0 Å². The zero-order valence-corrected chi connectivity index (χ0v) is 46.3. The topological polar surface area (TPSA) is 35.9 Å². The monoisotopic (exact) mass is 1130 g/mol. The van der Waals surface area contributed by atoms with Gasteiger partial charge in [-0.05, 0) is 101 Å². The molecule has 3 heterocycles. The molecular weight excluding hydrogens is 1040 g/mol. The zero-order valence-electron chi connectivity index (χ0n) is 74.3. The van der Waals surface area contributed by atoms with Crippen LogP contribution >= 0.6 is 0 Å². The van der Waals surface area contributed by atoms with Gasteiger partial charge in [-0.1, -0.05) is 269 Å². The van der Waals surface area contributed by atoms with Crippen molar-refractivity contribution >= 4 is 90.5 Å². The minimum absolute atomic E-state index is 0.0858. The van der Waals surface area contributed by atoms with Crippen LogP contribution in [0.3, 0.4) is 0 Å². The summed E-state index contributed by atoms with van der Waals surface area (Å²) in [5, 5.41) is -6.29. The minimum Gasteiger partial charge on any atom is -0.458 e. The first-order valence-corrected chi connectivity index (χ1v) is 30.1. The molecule has 0 saturated carbocycles. The number of pyridine rings is 1. The summed E-state index contributed by atoms with van der Waals surface area (Å²) in [5.41, 5.74) is 1.65. The Kier molecular flexibility index (Phi) is 7.19. The van der Waals surface area contributed by atoms with Crippen molar-refractivity contribution < 1.29 is 50.4 Å². The molecule has 0 bridgehead atoms. The molecule has 5 nitrogen and oxygen atoms in total. The third-order valence-electron chi connectivity index (χ3n) is 14.7. The molecule has 0 aliphatic carbocycles. The van der Waals surface area contributed by atoms with Crippen molar-refractivity contribution in [2.24, 2.45) is 0 Å². The average Bonchev–Trinajstić information content (AvgIpc) is 0.942. The number of benzene rings is 11. The number of fused-ring (bicyclic) bond motifs is 4. The summed E-state index contributed by atoms with van der Waals surface area (Å²) in [6.45, 7) is 6.27. The Morgan fingerprint density at radius 2 is 0.904 bits per heavy atom. The summed E-state index contributed by atoms with van der Waals surface area (Å²) in [7, 11) is -13.3. The predicted octanol–water partition coefficient (Wildman–Crippen LogP) is 12.0. The van der Waals surface area contributed by atoms with Crippen LogP contribution in [0.2, 0.25) is 0 Å². The molecule has 83 heavy (non-hydrogen) atoms. The Balaban J connectivity index is 1.24. The van der Waals surface area contributed by atoms with Crippen LogP contribution in [0.5, 0.6) is 11.5 Å². The second kappa shape index (κ2) is 21.2. The fourth-order valence-corrected chi connectivity index (χ4v) is 19.2. The highest BCUT2D eigenvalue weighted by molar-refractivity contribution is 7.22. The maximum absolute atomic E-state index is 10.2. The molecular formula is C76H60N4OSi2. The van der Waals surface area contributed by atoms with Gasteiger partial charge in [0, 0.05) is 23.0 Å². The maximum atomic E-state index is 10.2. The Morgan fingerprint density at radius 3 is 1.42 bits per heavy atom. The normalized spacial score (nSPS) is 17.1. The summed E-state index contributed by atoms with van der Waals surface area (Å²) < 4.78 is 303. The average molecular weight is 1130 g/mol. The first kappa shape index (κ1) is 28.2. The molecule has 0 fully saturated rings. The molecule has 0 aliphatic heterocycles. The summed E-state index contributed by atoms with van der Waals surface area (Å²) in [5.74, 6) is 1.12. The Morgan fingerprint density at radius 1 is 0.446 bits per heavy atom. The quantitative estimate of drug-likeness (QED) is 0.0499. The van der Waals surface area contributed by atoms with Crippen molar-refractivity contribution in [3.63, 3.8) is 0 Å². The van der Waals surface area contributed by atoms with E-state index in [4.69, 9.17) is 17.9 Å². The molecule has 0 N–H and O–H groups in total. The van der Waals surface area contributed by atoms with E-state index in [2.05, 4.69) is 27.1 Å². The van der Waals surface area contributed by atoms with E-state index in [9.17, 15) is 32.9 Å². The molecule has 7 heteroatoms. The third-order valence-corrected chi connectivity index (χ3v) is 23.1. The Bertz CT molecular complexity index is 5770. The number of para-hydroxylation sites is 4. The number of rotatable bonds is 13. The number of imidazole rings is 1. The van der Waals surface area contributed by atoms with Crippen molar-refractivity contribution in [2.75, 3.05) is 0 Å². The van der Waals surface area contributed by atoms with Crippen molar-refractivity contribution in [1.82, 2.24) is 14.1 Å². The molecule has 0 aliphatic rings. The largest absolute Gasteiger partial charge is 0.458 e. The van der Waals surface area contributed by atoms with Gasteiger partial charge in [-0.2, -0.15) is 0 Å². The first-order valence-electron chi connectivity index (χ1n) is 41.1. The van der Waals surface area contributed by atoms with Gasteiger partial charge >= 0.3 is 0 Å². The highest BCUT2D eigenvalue weighted by atomic mass is 28.3. The molecule has 3 aromatic heterocycles. The number of ether oxygens (including phenoxy) is 1. The van der Waals surface area contributed by atoms with Crippen LogP contribution in [0.1, 0.15) is 67.5 Å². The van der Waals surface area contributed by atoms with Crippen LogP contribution in [0.4, 0.5) is 0 Å². The summed E-state index contributed by atoms with van der Waals surface area (Å²) in [6, 6.07) is -3.14. The number of aromatic nitrogens is 4. The van der Waals surface area contributed by atoms with E-state index in [1.165, 1.54) is 16.7 Å². The Hall–Kier alpha value is -9.93. The van der Waals surface area contributed by atoms with Crippen LogP contribution in [0.25, 0.3) is 50.0 Å². The van der Waals surface area contributed by atoms with Gasteiger partial charge in [0.2, 0.25) is 0 Å². The van der Waals surface area contributed by atoms with E-state index in [1.54, 1.807) is 48.7 Å². The van der Waals surface area contributed by atoms with Gasteiger partial charge in [0.15, 0.2) is 16.1 Å². The lowest BCUT2D eigenvalue weighted by Gasteiger charge is -2.40. The number of hydrogen-bond acceptors (Lipinski definition) is 2. The summed E-state index contributed by atoms with van der Waals surface area (Å²) in [6.07, 6.45) is 5.06. The predicted molar refractivity (Wildman–Crippen MR) is 348 cm³/mol. The van der Waals surface area contributed by atoms with Gasteiger partial charge in [0.25, 0.3) is 6.33 Å². The molecule has 11 aromatic carbocycles. The van der Waals surface area contributed by atoms with Gasteiger partial charge in [-0.25, -0.2) is 4.98 Å². The molecule has 0 saturated heterocycles. The molecule has 0 unspecified atom stereocenters. The van der Waals surface area contributed by atoms with E-state index in [1.807, 2.05) is 53.1 Å². The second-order valence-electron chi connectivity index (χ2n) is 20.2. The van der Waals surface area contributed by atoms with Crippen molar-refractivity contribution in [1.29, 1.82) is 0 Å². The fourth-order valence-electron chi connectivity index (χ4n) is 11.1. The highest BCUT2D eigenvalue weighted by Gasteiger charge is 2.48. The number of nitrogens with zero attached hydrogens (tertiary/aromatic N) is 4. The SMILES string of the molecule is [2H]c1c([2H])c([2H])c([Si](c2cccc([Si](c3c([2H])c([2H])c([2H])c([2H])c3[2H])(c3c([2H])c([2H])c([2H])c([2H])c3[2H])c3c([2H])c([2H])c([2H])c([2H])c3[2H])c2-[n+]2[c-]n(-c3cccc(Oc4ccc5c6ccccc6n(-c6cc(C(C)(C)C)ccn6)c5c4)c3)c3ccccc32)(c2c([2H])c([2H])c([2H])c([2H])c2[2H])c2c([2H])c([2H])c([2H])c([2H])c2[2H])c([2H])c1[2H]. The molecule has 0 amide bonds. The van der Waals surface area contributed by atoms with Gasteiger partial charge in [-0.3, -0.25) is 13.7 Å². The minimum atomic E-state index is -6.66. The molecule has 0 atom stereocenters. The summed E-state index contributed by atoms with van der Waals surface area (Å²) >= 11 is 0. The second-order valence-corrected chi connectivity index (χ2v) is 27.3. The lowest BCUT2D eigenvalue weighted by atomic mass is 9.88. The molecule has 0 radical (unpaired) electrons. The summed E-state index contributed by atoms with van der Waals surface area (Å²) in [4.78, 5) is 4.83. The fraction of sp³-hybridized carbons (Fsp3) is 0.0526. The van der Waals surface area contributed by atoms with E-state index < -0.39 is 245 Å². The van der Waals surface area contributed by atoms with Crippen LogP contribution < -0.4 is 50.8 Å². The number of hydrogen-bond donors (Lipinski definition) is 0. The van der Waals surface area contributed by atoms with Gasteiger partial charge in [0.1, 0.15) is 17.3 Å². The van der Waals surface area contributed by atoms with Crippen LogP contribution in [-0.2, 0) is 5.41 Å². The van der Waals surface area contributed by atoms with Crippen LogP contribution in [-0.4, -0.2) is 30.3 Å². The van der Waals surface area contributed by atoms with Crippen molar-refractivity contribution in [3.05, 3.63) is 321 Å². The lowest BCUT2D eigenvalue weighted by molar-refractivity contribution is -0.570. The first-order chi connectivity index (χ1) is 53.2. The molecule has 14 rings (SSSR count). The Labute approximate surface area is 529 Å². The van der Waals surface area contributed by atoms with Gasteiger partial charge in [0.05, 0.1) is 74.6 Å². The smallest absolute Gasteiger partial charge is 0.269 e. The van der Waals surface area contributed by atoms with E-state index in [0.717, 1.165) is 44.6 Å².